The first-order chi connectivity index (χ1) is 21.2. The van der Waals surface area contributed by atoms with Gasteiger partial charge in [-0.1, -0.05) is 43.4 Å². The first-order valence-electron chi connectivity index (χ1n) is 15.6. The quantitative estimate of drug-likeness (QED) is 0.282. The SMILES string of the molecule is CCCNC(=O)N1CC(C)N(c2nc3cc(-c4noc(=O)[nH]4)nc(-c4cncc(Cl)c4)c3n2CC2CCC(C)CC2)[C@H](C)C1. The van der Waals surface area contributed by atoms with Crippen LogP contribution in [0.2, 0.25) is 5.02 Å². The number of hydrogen-bond donors (Lipinski definition) is 2. The Kier molecular flexibility index (Phi) is 8.61. The van der Waals surface area contributed by atoms with Crippen molar-refractivity contribution in [1.82, 2.24) is 39.9 Å². The highest BCUT2D eigenvalue weighted by Gasteiger charge is 2.36. The summed E-state index contributed by atoms with van der Waals surface area (Å²) in [5.74, 6) is 1.63. The molecular formula is C31H40ClN9O3. The molecule has 1 aliphatic heterocycles. The molecular weight excluding hydrogens is 582 g/mol. The minimum Gasteiger partial charge on any atom is -0.338 e. The van der Waals surface area contributed by atoms with E-state index < -0.39 is 5.76 Å². The number of piperazine rings is 1. The Balaban J connectivity index is 1.50. The number of imidazole rings is 1. The average molecular weight is 622 g/mol. The van der Waals surface area contributed by atoms with Gasteiger partial charge in [-0.15, -0.1) is 0 Å². The lowest BCUT2D eigenvalue weighted by atomic mass is 9.83. The molecule has 2 aliphatic rings. The maximum atomic E-state index is 12.9. The molecule has 1 saturated heterocycles. The second-order valence-corrected chi connectivity index (χ2v) is 12.9. The Bertz CT molecular complexity index is 1680. The average Bonchev–Trinajstić information content (AvgIpc) is 3.59. The Morgan fingerprint density at radius 1 is 1.09 bits per heavy atom. The predicted molar refractivity (Wildman–Crippen MR) is 170 cm³/mol. The number of halogens is 1. The first kappa shape index (κ1) is 30.1. The number of aromatic amines is 1. The van der Waals surface area contributed by atoms with E-state index in [0.29, 0.717) is 42.0 Å². The number of nitrogens with zero attached hydrogens (tertiary/aromatic N) is 7. The lowest BCUT2D eigenvalue weighted by Gasteiger charge is -2.45. The minimum absolute atomic E-state index is 0.0173. The van der Waals surface area contributed by atoms with E-state index in [1.807, 2.05) is 17.0 Å². The van der Waals surface area contributed by atoms with E-state index in [0.717, 1.165) is 54.3 Å². The van der Waals surface area contributed by atoms with Gasteiger partial charge in [-0.2, -0.15) is 0 Å². The summed E-state index contributed by atoms with van der Waals surface area (Å²) in [6, 6.07) is 3.69. The van der Waals surface area contributed by atoms with E-state index in [2.05, 4.69) is 57.6 Å². The lowest BCUT2D eigenvalue weighted by molar-refractivity contribution is 0.175. The largest absolute Gasteiger partial charge is 0.439 e. The zero-order chi connectivity index (χ0) is 31.0. The molecule has 2 atom stereocenters. The molecule has 2 amide bonds. The number of carbonyl (C=O) groups excluding carboxylic acids is 1. The third kappa shape index (κ3) is 6.04. The second-order valence-electron chi connectivity index (χ2n) is 12.4. The number of fused-ring (bicyclic) bond motifs is 1. The molecule has 4 aromatic rings. The number of carbonyl (C=O) groups is 1. The van der Waals surface area contributed by atoms with Crippen LogP contribution < -0.4 is 16.0 Å². The zero-order valence-electron chi connectivity index (χ0n) is 25.7. The van der Waals surface area contributed by atoms with Crippen LogP contribution in [0.15, 0.2) is 33.8 Å². The van der Waals surface area contributed by atoms with Gasteiger partial charge in [0.2, 0.25) is 11.8 Å². The van der Waals surface area contributed by atoms with E-state index in [9.17, 15) is 9.59 Å². The Labute approximate surface area is 261 Å². The molecule has 1 aliphatic carbocycles. The molecule has 13 heteroatoms. The number of pyridine rings is 2. The molecule has 4 aromatic heterocycles. The van der Waals surface area contributed by atoms with Gasteiger partial charge in [-0.25, -0.2) is 19.6 Å². The smallest absolute Gasteiger partial charge is 0.338 e. The van der Waals surface area contributed by atoms with Crippen LogP contribution in [0.4, 0.5) is 10.7 Å². The van der Waals surface area contributed by atoms with Gasteiger partial charge in [0.05, 0.1) is 21.7 Å². The number of aromatic nitrogens is 6. The van der Waals surface area contributed by atoms with Gasteiger partial charge in [0.25, 0.3) is 0 Å². The number of rotatable bonds is 7. The van der Waals surface area contributed by atoms with Crippen LogP contribution in [-0.4, -0.2) is 72.3 Å². The van der Waals surface area contributed by atoms with Crippen molar-refractivity contribution in [2.75, 3.05) is 24.5 Å². The van der Waals surface area contributed by atoms with Gasteiger partial charge in [0.15, 0.2) is 0 Å². The molecule has 0 spiro atoms. The third-order valence-corrected chi connectivity index (χ3v) is 9.11. The summed E-state index contributed by atoms with van der Waals surface area (Å²) in [6.07, 6.45) is 8.93. The molecule has 6 rings (SSSR count). The Hall–Kier alpha value is -3.93. The topological polar surface area (TPSA) is 138 Å². The molecule has 0 radical (unpaired) electrons. The third-order valence-electron chi connectivity index (χ3n) is 8.91. The molecule has 1 saturated carbocycles. The first-order valence-corrected chi connectivity index (χ1v) is 16.0. The van der Waals surface area contributed by atoms with Crippen LogP contribution in [0.1, 0.15) is 59.8 Å². The number of nitrogens with one attached hydrogen (secondary N) is 2. The maximum Gasteiger partial charge on any atom is 0.439 e. The minimum atomic E-state index is -0.658. The summed E-state index contributed by atoms with van der Waals surface area (Å²) >= 11 is 6.42. The van der Waals surface area contributed by atoms with Crippen LogP contribution in [0.3, 0.4) is 0 Å². The highest BCUT2D eigenvalue weighted by atomic mass is 35.5. The van der Waals surface area contributed by atoms with Gasteiger partial charge in [0, 0.05) is 56.2 Å². The Morgan fingerprint density at radius 2 is 1.84 bits per heavy atom. The monoisotopic (exact) mass is 621 g/mol. The van der Waals surface area contributed by atoms with E-state index >= 15 is 0 Å². The fourth-order valence-electron chi connectivity index (χ4n) is 6.71. The summed E-state index contributed by atoms with van der Waals surface area (Å²) in [5.41, 5.74) is 3.41. The molecule has 234 valence electrons. The highest BCUT2D eigenvalue weighted by molar-refractivity contribution is 6.30. The van der Waals surface area contributed by atoms with Crippen LogP contribution in [-0.2, 0) is 6.54 Å². The van der Waals surface area contributed by atoms with Crippen LogP contribution >= 0.6 is 11.6 Å². The van der Waals surface area contributed by atoms with Crippen LogP contribution in [0.5, 0.6) is 0 Å². The predicted octanol–water partition coefficient (Wildman–Crippen LogP) is 5.33. The molecule has 44 heavy (non-hydrogen) atoms. The molecule has 0 aromatic carbocycles. The molecule has 12 nitrogen and oxygen atoms in total. The van der Waals surface area contributed by atoms with Crippen molar-refractivity contribution in [2.24, 2.45) is 11.8 Å². The van der Waals surface area contributed by atoms with Crippen molar-refractivity contribution in [3.05, 3.63) is 40.1 Å². The summed E-state index contributed by atoms with van der Waals surface area (Å²) in [4.78, 5) is 46.2. The van der Waals surface area contributed by atoms with Gasteiger partial charge < -0.3 is 19.7 Å². The van der Waals surface area contributed by atoms with Gasteiger partial charge in [-0.05, 0) is 57.1 Å². The fraction of sp³-hybridized carbons (Fsp3) is 0.548. The van der Waals surface area contributed by atoms with E-state index in [1.165, 1.54) is 12.8 Å². The summed E-state index contributed by atoms with van der Waals surface area (Å²) in [5, 5.41) is 7.42. The maximum absolute atomic E-state index is 12.9. The zero-order valence-corrected chi connectivity index (χ0v) is 26.5. The second kappa shape index (κ2) is 12.6. The molecule has 2 N–H and O–H groups in total. The summed E-state index contributed by atoms with van der Waals surface area (Å²) in [6.45, 7) is 11.3. The molecule has 5 heterocycles. The molecule has 0 bridgehead atoms. The van der Waals surface area contributed by atoms with Gasteiger partial charge in [-0.3, -0.25) is 14.5 Å². The van der Waals surface area contributed by atoms with E-state index in [4.69, 9.17) is 26.1 Å². The molecule has 2 fully saturated rings. The highest BCUT2D eigenvalue weighted by Crippen LogP contribution is 2.38. The van der Waals surface area contributed by atoms with Gasteiger partial charge in [0.1, 0.15) is 5.69 Å². The lowest BCUT2D eigenvalue weighted by Crippen LogP contribution is -2.60. The summed E-state index contributed by atoms with van der Waals surface area (Å²) < 4.78 is 7.12. The molecule has 1 unspecified atom stereocenters. The van der Waals surface area contributed by atoms with Crippen molar-refractivity contribution in [2.45, 2.75) is 78.4 Å². The van der Waals surface area contributed by atoms with Gasteiger partial charge >= 0.3 is 11.8 Å². The van der Waals surface area contributed by atoms with Crippen LogP contribution in [0, 0.1) is 11.8 Å². The Morgan fingerprint density at radius 3 is 2.50 bits per heavy atom. The number of anilines is 1. The van der Waals surface area contributed by atoms with E-state index in [-0.39, 0.29) is 23.9 Å². The summed E-state index contributed by atoms with van der Waals surface area (Å²) in [7, 11) is 0. The van der Waals surface area contributed by atoms with Crippen molar-refractivity contribution in [3.63, 3.8) is 0 Å². The van der Waals surface area contributed by atoms with Crippen molar-refractivity contribution in [3.8, 4) is 22.8 Å². The normalized spacial score (nSPS) is 22.5. The van der Waals surface area contributed by atoms with Crippen molar-refractivity contribution >= 4 is 34.6 Å². The van der Waals surface area contributed by atoms with Crippen molar-refractivity contribution in [1.29, 1.82) is 0 Å². The fourth-order valence-corrected chi connectivity index (χ4v) is 6.89. The van der Waals surface area contributed by atoms with Crippen molar-refractivity contribution < 1.29 is 9.32 Å². The number of urea groups is 1. The number of hydrogen-bond acceptors (Lipinski definition) is 8. The number of amides is 2. The number of H-pyrrole nitrogens is 1. The van der Waals surface area contributed by atoms with E-state index in [1.54, 1.807) is 12.4 Å². The van der Waals surface area contributed by atoms with Crippen LogP contribution in [0.25, 0.3) is 33.8 Å². The standard InChI is InChI=1S/C31H40ClN9O3/c1-5-10-34-30(42)39-15-19(3)41(20(4)16-39)29-36-24-12-25(28-37-31(43)44-38-28)35-26(22-11-23(32)14-33-13-22)27(24)40(29)17-21-8-6-18(2)7-9-21/h11-14,18-21H,5-10,15-17H2,1-4H3,(H,34,42)(H,37,38,43)/t18?,19-,20?,21?/m1/s1.